The number of pyridine rings is 1. The molecular weight excluding hydrogens is 390 g/mol. The molecule has 4 heterocycles. The number of nitrogens with one attached hydrogen (secondary N) is 1. The van der Waals surface area contributed by atoms with E-state index in [9.17, 15) is 9.59 Å². The summed E-state index contributed by atoms with van der Waals surface area (Å²) in [5, 5.41) is 3.33. The van der Waals surface area contributed by atoms with Gasteiger partial charge in [-0.2, -0.15) is 0 Å². The molecule has 3 aliphatic rings. The molecule has 0 aliphatic carbocycles. The highest BCUT2D eigenvalue weighted by atomic mass is 16.2. The Morgan fingerprint density at radius 2 is 1.87 bits per heavy atom. The maximum atomic E-state index is 13.2. The van der Waals surface area contributed by atoms with E-state index in [0.717, 1.165) is 45.4 Å². The molecule has 1 aromatic rings. The number of rotatable bonds is 4. The molecule has 0 unspecified atom stereocenters. The third-order valence-electron chi connectivity index (χ3n) is 7.10. The quantitative estimate of drug-likeness (QED) is 0.795. The van der Waals surface area contributed by atoms with Crippen molar-refractivity contribution < 1.29 is 9.59 Å². The normalized spacial score (nSPS) is 26.8. The summed E-state index contributed by atoms with van der Waals surface area (Å²) in [4.78, 5) is 37.1. The van der Waals surface area contributed by atoms with Crippen molar-refractivity contribution in [1.82, 2.24) is 25.0 Å². The number of nitrogens with zero attached hydrogens (tertiary/aromatic N) is 4. The maximum Gasteiger partial charge on any atom is 0.243 e. The van der Waals surface area contributed by atoms with Gasteiger partial charge in [0.2, 0.25) is 11.8 Å². The van der Waals surface area contributed by atoms with Crippen LogP contribution in [0.2, 0.25) is 0 Å². The lowest BCUT2D eigenvalue weighted by molar-refractivity contribution is -0.135. The Bertz CT molecular complexity index is 770. The van der Waals surface area contributed by atoms with Crippen molar-refractivity contribution in [2.24, 2.45) is 5.41 Å². The number of carbonyl (C=O) groups excluding carboxylic acids is 2. The topological polar surface area (TPSA) is 68.8 Å². The van der Waals surface area contributed by atoms with E-state index >= 15 is 0 Å². The molecule has 1 aromatic heterocycles. The minimum atomic E-state index is -0.389. The largest absolute Gasteiger partial charge is 0.348 e. The lowest BCUT2D eigenvalue weighted by atomic mass is 9.84. The van der Waals surface area contributed by atoms with E-state index < -0.39 is 0 Å². The Hall–Kier alpha value is -1.99. The first-order valence-electron chi connectivity index (χ1n) is 11.6. The highest BCUT2D eigenvalue weighted by Gasteiger charge is 2.49. The van der Waals surface area contributed by atoms with Gasteiger partial charge in [-0.3, -0.25) is 19.5 Å². The van der Waals surface area contributed by atoms with Crippen LogP contribution >= 0.6 is 0 Å². The first kappa shape index (κ1) is 22.2. The minimum absolute atomic E-state index is 0.0418. The zero-order valence-corrected chi connectivity index (χ0v) is 19.4. The van der Waals surface area contributed by atoms with E-state index in [1.807, 2.05) is 29.4 Å². The molecule has 0 aromatic carbocycles. The second kappa shape index (κ2) is 8.51. The summed E-state index contributed by atoms with van der Waals surface area (Å²) in [6.45, 7) is 10.9. The Morgan fingerprint density at radius 3 is 2.52 bits per heavy atom. The average Bonchev–Trinajstić information content (AvgIpc) is 3.12. The van der Waals surface area contributed by atoms with Crippen molar-refractivity contribution in [2.45, 2.75) is 70.6 Å². The summed E-state index contributed by atoms with van der Waals surface area (Å²) in [7, 11) is 2.12. The van der Waals surface area contributed by atoms with Crippen molar-refractivity contribution in [1.29, 1.82) is 0 Å². The molecule has 7 heteroatoms. The van der Waals surface area contributed by atoms with Gasteiger partial charge >= 0.3 is 0 Å². The number of likely N-dealkylation sites (tertiary alicyclic amines) is 1. The van der Waals surface area contributed by atoms with Crippen molar-refractivity contribution in [3.8, 4) is 0 Å². The van der Waals surface area contributed by atoms with Crippen LogP contribution in [0.25, 0.3) is 0 Å². The fourth-order valence-electron chi connectivity index (χ4n) is 5.50. The Labute approximate surface area is 186 Å². The van der Waals surface area contributed by atoms with E-state index in [1.54, 1.807) is 0 Å². The monoisotopic (exact) mass is 427 g/mol. The van der Waals surface area contributed by atoms with Gasteiger partial charge in [0.15, 0.2) is 0 Å². The number of aromatic nitrogens is 1. The smallest absolute Gasteiger partial charge is 0.243 e. The SMILES string of the molecule is CN(CC(C)(C)C)[C@H]1C[C@H]2C(=O)NC3(CCN(Cc4ccncc4)CC3)CC(=O)N2C1. The Kier molecular flexibility index (Phi) is 6.10. The number of hydrogen-bond acceptors (Lipinski definition) is 5. The lowest BCUT2D eigenvalue weighted by Crippen LogP contribution is -2.56. The summed E-state index contributed by atoms with van der Waals surface area (Å²) in [6.07, 6.45) is 6.45. The molecule has 4 rings (SSSR count). The van der Waals surface area contributed by atoms with Crippen molar-refractivity contribution >= 4 is 11.8 Å². The van der Waals surface area contributed by atoms with Crippen LogP contribution < -0.4 is 5.32 Å². The fourth-order valence-corrected chi connectivity index (χ4v) is 5.50. The number of carbonyl (C=O) groups is 2. The number of fused-ring (bicyclic) bond motifs is 1. The second-order valence-electron chi connectivity index (χ2n) is 11.0. The first-order valence-corrected chi connectivity index (χ1v) is 11.6. The van der Waals surface area contributed by atoms with Crippen molar-refractivity contribution in [3.05, 3.63) is 30.1 Å². The van der Waals surface area contributed by atoms with Gasteiger partial charge in [-0.1, -0.05) is 20.8 Å². The molecule has 1 N–H and O–H groups in total. The van der Waals surface area contributed by atoms with Gasteiger partial charge in [0.1, 0.15) is 6.04 Å². The molecule has 3 fully saturated rings. The van der Waals surface area contributed by atoms with Gasteiger partial charge in [-0.25, -0.2) is 0 Å². The van der Waals surface area contributed by atoms with Crippen LogP contribution in [0.15, 0.2) is 24.5 Å². The van der Waals surface area contributed by atoms with Crippen LogP contribution in [0.1, 0.15) is 52.0 Å². The van der Waals surface area contributed by atoms with Crippen LogP contribution in [0, 0.1) is 5.41 Å². The molecule has 1 spiro atoms. The molecule has 2 amide bonds. The van der Waals surface area contributed by atoms with E-state index in [-0.39, 0.29) is 34.9 Å². The fraction of sp³-hybridized carbons (Fsp3) is 0.708. The zero-order chi connectivity index (χ0) is 22.2. The summed E-state index contributed by atoms with van der Waals surface area (Å²) < 4.78 is 0. The van der Waals surface area contributed by atoms with E-state index in [0.29, 0.717) is 13.0 Å². The number of amides is 2. The Morgan fingerprint density at radius 1 is 1.19 bits per heavy atom. The van der Waals surface area contributed by atoms with E-state index in [1.165, 1.54) is 5.56 Å². The van der Waals surface area contributed by atoms with Crippen LogP contribution in [0.3, 0.4) is 0 Å². The second-order valence-corrected chi connectivity index (χ2v) is 11.0. The van der Waals surface area contributed by atoms with Crippen LogP contribution in [0.4, 0.5) is 0 Å². The van der Waals surface area contributed by atoms with Gasteiger partial charge in [0.25, 0.3) is 0 Å². The van der Waals surface area contributed by atoms with Crippen molar-refractivity contribution in [2.75, 3.05) is 33.2 Å². The van der Waals surface area contributed by atoms with Gasteiger partial charge < -0.3 is 15.1 Å². The minimum Gasteiger partial charge on any atom is -0.348 e. The van der Waals surface area contributed by atoms with E-state index in [4.69, 9.17) is 0 Å². The van der Waals surface area contributed by atoms with Gasteiger partial charge in [-0.15, -0.1) is 0 Å². The van der Waals surface area contributed by atoms with Gasteiger partial charge in [-0.05, 0) is 49.4 Å². The number of piperidine rings is 1. The third-order valence-corrected chi connectivity index (χ3v) is 7.10. The average molecular weight is 428 g/mol. The predicted octanol–water partition coefficient (Wildman–Crippen LogP) is 1.88. The van der Waals surface area contributed by atoms with Crippen molar-refractivity contribution in [3.63, 3.8) is 0 Å². The molecule has 170 valence electrons. The molecule has 31 heavy (non-hydrogen) atoms. The molecule has 7 nitrogen and oxygen atoms in total. The third kappa shape index (κ3) is 5.09. The Balaban J connectivity index is 1.38. The number of likely N-dealkylation sites (N-methyl/N-ethyl adjacent to an activating group) is 1. The summed E-state index contributed by atoms with van der Waals surface area (Å²) in [6, 6.07) is 4.01. The summed E-state index contributed by atoms with van der Waals surface area (Å²) >= 11 is 0. The molecule has 3 saturated heterocycles. The molecule has 0 radical (unpaired) electrons. The maximum absolute atomic E-state index is 13.2. The highest BCUT2D eigenvalue weighted by molar-refractivity contribution is 5.92. The standard InChI is InChI=1S/C24H37N5O2/c1-23(2,3)17-27(4)19-13-20-22(31)26-24(14-21(30)29(20)16-19)7-11-28(12-8-24)15-18-5-9-25-10-6-18/h5-6,9-10,19-20H,7-8,11-17H2,1-4H3,(H,26,31)/t19-,20-/m0/s1. The molecule has 0 saturated carbocycles. The van der Waals surface area contributed by atoms with Gasteiger partial charge in [0.05, 0.1) is 12.0 Å². The molecular formula is C24H37N5O2. The van der Waals surface area contributed by atoms with Crippen LogP contribution in [-0.4, -0.2) is 82.3 Å². The zero-order valence-electron chi connectivity index (χ0n) is 19.4. The lowest BCUT2D eigenvalue weighted by Gasteiger charge is -2.41. The number of hydrogen-bond donors (Lipinski definition) is 1. The predicted molar refractivity (Wildman–Crippen MR) is 120 cm³/mol. The van der Waals surface area contributed by atoms with Gasteiger partial charge in [0, 0.05) is 51.2 Å². The summed E-state index contributed by atoms with van der Waals surface area (Å²) in [5.41, 5.74) is 1.05. The molecule has 0 bridgehead atoms. The molecule has 3 aliphatic heterocycles. The summed E-state index contributed by atoms with van der Waals surface area (Å²) in [5.74, 6) is 0.178. The highest BCUT2D eigenvalue weighted by Crippen LogP contribution is 2.34. The first-order chi connectivity index (χ1) is 14.6. The van der Waals surface area contributed by atoms with Crippen LogP contribution in [0.5, 0.6) is 0 Å². The molecule has 2 atom stereocenters. The van der Waals surface area contributed by atoms with Crippen LogP contribution in [-0.2, 0) is 16.1 Å². The van der Waals surface area contributed by atoms with E-state index in [2.05, 4.69) is 47.9 Å².